The van der Waals surface area contributed by atoms with E-state index in [0.29, 0.717) is 42.9 Å². The van der Waals surface area contributed by atoms with E-state index in [2.05, 4.69) is 15.6 Å². The molecule has 2 N–H and O–H groups in total. The number of aromatic nitrogens is 1. The number of carbonyl (C=O) groups excluding carboxylic acids is 2. The van der Waals surface area contributed by atoms with Gasteiger partial charge in [-0.25, -0.2) is 0 Å². The first-order valence-electron chi connectivity index (χ1n) is 7.84. The van der Waals surface area contributed by atoms with Crippen LogP contribution in [0.2, 0.25) is 5.02 Å². The molecular weight excluding hydrogens is 326 g/mol. The summed E-state index contributed by atoms with van der Waals surface area (Å²) in [4.78, 5) is 27.5. The van der Waals surface area contributed by atoms with E-state index in [-0.39, 0.29) is 11.8 Å². The third-order valence-electron chi connectivity index (χ3n) is 3.41. The average molecular weight is 346 g/mol. The monoisotopic (exact) mass is 345 g/mol. The maximum Gasteiger partial charge on any atom is 0.252 e. The van der Waals surface area contributed by atoms with Gasteiger partial charge in [0.15, 0.2) is 0 Å². The van der Waals surface area contributed by atoms with Crippen LogP contribution in [0.1, 0.15) is 28.8 Å². The molecule has 6 heteroatoms. The van der Waals surface area contributed by atoms with Gasteiger partial charge in [0.05, 0.1) is 5.56 Å². The van der Waals surface area contributed by atoms with Crippen LogP contribution < -0.4 is 10.6 Å². The Morgan fingerprint density at radius 2 is 1.92 bits per heavy atom. The lowest BCUT2D eigenvalue weighted by Crippen LogP contribution is -2.30. The summed E-state index contributed by atoms with van der Waals surface area (Å²) < 4.78 is 0. The summed E-state index contributed by atoms with van der Waals surface area (Å²) in [6, 6.07) is 10.9. The Kier molecular flexibility index (Phi) is 7.23. The van der Waals surface area contributed by atoms with Crippen molar-refractivity contribution in [2.45, 2.75) is 19.3 Å². The van der Waals surface area contributed by atoms with Gasteiger partial charge < -0.3 is 10.6 Å². The molecule has 0 aliphatic heterocycles. The molecule has 126 valence electrons. The summed E-state index contributed by atoms with van der Waals surface area (Å²) in [6.45, 7) is 1.03. The van der Waals surface area contributed by atoms with Crippen molar-refractivity contribution in [3.05, 3.63) is 64.9 Å². The van der Waals surface area contributed by atoms with Crippen molar-refractivity contribution >= 4 is 23.4 Å². The molecule has 0 aliphatic rings. The Labute approximate surface area is 146 Å². The van der Waals surface area contributed by atoms with Crippen molar-refractivity contribution in [2.24, 2.45) is 0 Å². The molecule has 0 aliphatic carbocycles. The second-order valence-corrected chi connectivity index (χ2v) is 5.77. The molecule has 0 atom stereocenters. The van der Waals surface area contributed by atoms with Crippen molar-refractivity contribution in [1.29, 1.82) is 0 Å². The van der Waals surface area contributed by atoms with Crippen LogP contribution in [0.15, 0.2) is 48.8 Å². The minimum atomic E-state index is -0.157. The maximum atomic E-state index is 11.8. The molecule has 0 unspecified atom stereocenters. The van der Waals surface area contributed by atoms with Crippen molar-refractivity contribution in [1.82, 2.24) is 15.6 Å². The van der Waals surface area contributed by atoms with Gasteiger partial charge in [0, 0.05) is 36.9 Å². The highest BCUT2D eigenvalue weighted by molar-refractivity contribution is 6.30. The van der Waals surface area contributed by atoms with Crippen LogP contribution in [0.5, 0.6) is 0 Å². The van der Waals surface area contributed by atoms with E-state index < -0.39 is 0 Å². The standard InChI is InChI=1S/C18H20ClN3O2/c19-16-6-1-4-14(12-16)7-8-17(23)21-10-3-11-22-18(24)15-5-2-9-20-13-15/h1-2,4-6,9,12-13H,3,7-8,10-11H2,(H,21,23)(H,22,24). The molecule has 0 spiro atoms. The van der Waals surface area contributed by atoms with E-state index in [4.69, 9.17) is 11.6 Å². The van der Waals surface area contributed by atoms with Gasteiger partial charge >= 0.3 is 0 Å². The second kappa shape index (κ2) is 9.67. The number of nitrogens with one attached hydrogen (secondary N) is 2. The van der Waals surface area contributed by atoms with E-state index in [9.17, 15) is 9.59 Å². The fraction of sp³-hybridized carbons (Fsp3) is 0.278. The van der Waals surface area contributed by atoms with Crippen molar-refractivity contribution in [2.75, 3.05) is 13.1 Å². The van der Waals surface area contributed by atoms with Crippen LogP contribution >= 0.6 is 11.6 Å². The van der Waals surface area contributed by atoms with E-state index in [0.717, 1.165) is 5.56 Å². The van der Waals surface area contributed by atoms with Gasteiger partial charge in [0.25, 0.3) is 5.91 Å². The summed E-state index contributed by atoms with van der Waals surface area (Å²) in [5, 5.41) is 6.32. The number of aryl methyl sites for hydroxylation is 1. The lowest BCUT2D eigenvalue weighted by atomic mass is 10.1. The van der Waals surface area contributed by atoms with Crippen molar-refractivity contribution < 1.29 is 9.59 Å². The molecule has 24 heavy (non-hydrogen) atoms. The number of benzene rings is 1. The van der Waals surface area contributed by atoms with E-state index in [1.165, 1.54) is 6.20 Å². The summed E-state index contributed by atoms with van der Waals surface area (Å²) in [6.07, 6.45) is 4.89. The van der Waals surface area contributed by atoms with Gasteiger partial charge in [-0.15, -0.1) is 0 Å². The number of hydrogen-bond acceptors (Lipinski definition) is 3. The van der Waals surface area contributed by atoms with Crippen LogP contribution in [0.3, 0.4) is 0 Å². The number of carbonyl (C=O) groups is 2. The summed E-state index contributed by atoms with van der Waals surface area (Å²) in [5.74, 6) is -0.163. The molecule has 0 saturated heterocycles. The third-order valence-corrected chi connectivity index (χ3v) is 3.65. The van der Waals surface area contributed by atoms with E-state index in [1.54, 1.807) is 18.3 Å². The number of rotatable bonds is 8. The van der Waals surface area contributed by atoms with Gasteiger partial charge in [-0.05, 0) is 42.7 Å². The predicted molar refractivity (Wildman–Crippen MR) is 94.0 cm³/mol. The molecule has 1 aromatic heterocycles. The minimum Gasteiger partial charge on any atom is -0.356 e. The minimum absolute atomic E-state index is 0.00596. The molecule has 2 amide bonds. The third kappa shape index (κ3) is 6.38. The summed E-state index contributed by atoms with van der Waals surface area (Å²) >= 11 is 5.91. The molecule has 0 fully saturated rings. The highest BCUT2D eigenvalue weighted by atomic mass is 35.5. The highest BCUT2D eigenvalue weighted by Gasteiger charge is 2.05. The fourth-order valence-electron chi connectivity index (χ4n) is 2.16. The van der Waals surface area contributed by atoms with E-state index >= 15 is 0 Å². The van der Waals surface area contributed by atoms with E-state index in [1.807, 2.05) is 24.3 Å². The Morgan fingerprint density at radius 3 is 2.67 bits per heavy atom. The van der Waals surface area contributed by atoms with Crippen LogP contribution in [0.4, 0.5) is 0 Å². The van der Waals surface area contributed by atoms with Gasteiger partial charge in [-0.2, -0.15) is 0 Å². The Hall–Kier alpha value is -2.40. The topological polar surface area (TPSA) is 71.1 Å². The Bertz CT molecular complexity index is 677. The number of halogens is 1. The molecule has 2 rings (SSSR count). The molecule has 2 aromatic rings. The largest absolute Gasteiger partial charge is 0.356 e. The molecular formula is C18H20ClN3O2. The number of amides is 2. The predicted octanol–water partition coefficient (Wildman–Crippen LogP) is 2.60. The van der Waals surface area contributed by atoms with Crippen LogP contribution in [-0.2, 0) is 11.2 Å². The zero-order valence-electron chi connectivity index (χ0n) is 13.3. The van der Waals surface area contributed by atoms with Gasteiger partial charge in [0.1, 0.15) is 0 Å². The zero-order valence-corrected chi connectivity index (χ0v) is 14.1. The zero-order chi connectivity index (χ0) is 17.2. The smallest absolute Gasteiger partial charge is 0.252 e. The van der Waals surface area contributed by atoms with Gasteiger partial charge in [-0.3, -0.25) is 14.6 Å². The summed E-state index contributed by atoms with van der Waals surface area (Å²) in [5.41, 5.74) is 1.57. The van der Waals surface area contributed by atoms with Crippen molar-refractivity contribution in [3.63, 3.8) is 0 Å². The molecule has 0 radical (unpaired) electrons. The molecule has 1 heterocycles. The molecule has 5 nitrogen and oxygen atoms in total. The Balaban J connectivity index is 1.57. The first kappa shape index (κ1) is 17.9. The fourth-order valence-corrected chi connectivity index (χ4v) is 2.37. The second-order valence-electron chi connectivity index (χ2n) is 5.33. The van der Waals surface area contributed by atoms with Crippen LogP contribution in [-0.4, -0.2) is 29.9 Å². The lowest BCUT2D eigenvalue weighted by Gasteiger charge is -2.07. The number of hydrogen-bond donors (Lipinski definition) is 2. The molecule has 0 saturated carbocycles. The van der Waals surface area contributed by atoms with Crippen molar-refractivity contribution in [3.8, 4) is 0 Å². The molecule has 1 aromatic carbocycles. The summed E-state index contributed by atoms with van der Waals surface area (Å²) in [7, 11) is 0. The Morgan fingerprint density at radius 1 is 1.08 bits per heavy atom. The number of pyridine rings is 1. The maximum absolute atomic E-state index is 11.8. The lowest BCUT2D eigenvalue weighted by molar-refractivity contribution is -0.121. The number of nitrogens with zero attached hydrogens (tertiary/aromatic N) is 1. The van der Waals surface area contributed by atoms with Gasteiger partial charge in [-0.1, -0.05) is 23.7 Å². The first-order chi connectivity index (χ1) is 11.6. The van der Waals surface area contributed by atoms with Gasteiger partial charge in [0.2, 0.25) is 5.91 Å². The molecule has 0 bridgehead atoms. The average Bonchev–Trinajstić information content (AvgIpc) is 2.60. The normalized spacial score (nSPS) is 10.2. The quantitative estimate of drug-likeness (QED) is 0.722. The highest BCUT2D eigenvalue weighted by Crippen LogP contribution is 2.11. The van der Waals surface area contributed by atoms with Crippen LogP contribution in [0.25, 0.3) is 0 Å². The SMILES string of the molecule is O=C(CCc1cccc(Cl)c1)NCCCNC(=O)c1cccnc1. The first-order valence-corrected chi connectivity index (χ1v) is 8.22. The van der Waals surface area contributed by atoms with Crippen LogP contribution in [0, 0.1) is 0 Å².